The summed E-state index contributed by atoms with van der Waals surface area (Å²) >= 11 is 11.8. The fourth-order valence-corrected chi connectivity index (χ4v) is 3.12. The van der Waals surface area contributed by atoms with Crippen LogP contribution in [-0.2, 0) is 0 Å². The zero-order chi connectivity index (χ0) is 21.1. The van der Waals surface area contributed by atoms with Crippen molar-refractivity contribution in [3.63, 3.8) is 0 Å². The summed E-state index contributed by atoms with van der Waals surface area (Å²) in [6, 6.07) is 21.0. The smallest absolute Gasteiger partial charge is 0.131 e. The molecule has 4 rings (SSSR count). The van der Waals surface area contributed by atoms with Crippen LogP contribution in [-0.4, -0.2) is 10.2 Å². The number of fused-ring (bicyclic) bond motifs is 1. The van der Waals surface area contributed by atoms with Gasteiger partial charge in [-0.1, -0.05) is 46.9 Å². The lowest BCUT2D eigenvalue weighted by molar-refractivity contribution is 0.472. The van der Waals surface area contributed by atoms with Gasteiger partial charge in [-0.2, -0.15) is 0 Å². The van der Waals surface area contributed by atoms with E-state index in [1.54, 1.807) is 48.5 Å². The van der Waals surface area contributed by atoms with Gasteiger partial charge < -0.3 is 10.2 Å². The molecule has 2 nitrogen and oxygen atoms in total. The molecule has 0 unspecified atom stereocenters. The lowest BCUT2D eigenvalue weighted by Crippen LogP contribution is -1.84. The summed E-state index contributed by atoms with van der Waals surface area (Å²) in [5, 5.41) is 23.6. The molecule has 2 N–H and O–H groups in total. The van der Waals surface area contributed by atoms with Crippen molar-refractivity contribution in [1.82, 2.24) is 0 Å². The SMILES string of the molecule is Oc1cc2cc(C#Cc3ccc(Cl)cc3)c(O)cc2cc1C#Cc1ccc(Cl)cc1. The summed E-state index contributed by atoms with van der Waals surface area (Å²) in [6.07, 6.45) is 0. The third-order valence-electron chi connectivity index (χ3n) is 4.44. The van der Waals surface area contributed by atoms with Crippen molar-refractivity contribution in [1.29, 1.82) is 0 Å². The second kappa shape index (κ2) is 8.44. The van der Waals surface area contributed by atoms with Crippen LogP contribution in [0.4, 0.5) is 0 Å². The van der Waals surface area contributed by atoms with Gasteiger partial charge in [-0.15, -0.1) is 0 Å². The molecule has 0 aliphatic rings. The molecule has 0 aliphatic heterocycles. The maximum atomic E-state index is 10.4. The molecule has 0 aliphatic carbocycles. The van der Waals surface area contributed by atoms with Crippen LogP contribution in [0.25, 0.3) is 10.8 Å². The van der Waals surface area contributed by atoms with Crippen LogP contribution >= 0.6 is 23.2 Å². The first-order valence-electron chi connectivity index (χ1n) is 9.03. The van der Waals surface area contributed by atoms with Gasteiger partial charge in [-0.05, 0) is 83.6 Å². The van der Waals surface area contributed by atoms with Crippen molar-refractivity contribution in [2.75, 3.05) is 0 Å². The number of hydrogen-bond donors (Lipinski definition) is 2. The molecule has 0 saturated carbocycles. The maximum absolute atomic E-state index is 10.4. The number of phenols is 2. The molecule has 0 bridgehead atoms. The van der Waals surface area contributed by atoms with Gasteiger partial charge >= 0.3 is 0 Å². The lowest BCUT2D eigenvalue weighted by Gasteiger charge is -2.05. The summed E-state index contributed by atoms with van der Waals surface area (Å²) in [6.45, 7) is 0. The highest BCUT2D eigenvalue weighted by Crippen LogP contribution is 2.30. The van der Waals surface area contributed by atoms with Crippen LogP contribution in [0.3, 0.4) is 0 Å². The van der Waals surface area contributed by atoms with Crippen molar-refractivity contribution in [2.45, 2.75) is 0 Å². The number of benzene rings is 4. The minimum Gasteiger partial charge on any atom is -0.507 e. The number of aromatic hydroxyl groups is 2. The molecule has 0 fully saturated rings. The third-order valence-corrected chi connectivity index (χ3v) is 4.94. The second-order valence-electron chi connectivity index (χ2n) is 6.60. The minimum atomic E-state index is 0.0614. The van der Waals surface area contributed by atoms with E-state index in [1.807, 2.05) is 24.3 Å². The van der Waals surface area contributed by atoms with Gasteiger partial charge in [-0.25, -0.2) is 0 Å². The Morgan fingerprint density at radius 1 is 0.500 bits per heavy atom. The third kappa shape index (κ3) is 4.53. The second-order valence-corrected chi connectivity index (χ2v) is 7.47. The Balaban J connectivity index is 1.69. The van der Waals surface area contributed by atoms with E-state index >= 15 is 0 Å². The van der Waals surface area contributed by atoms with Crippen LogP contribution in [0.15, 0.2) is 72.8 Å². The molecule has 0 atom stereocenters. The predicted octanol–water partition coefficient (Wildman–Crippen LogP) is 6.36. The molecular weight excluding hydrogens is 415 g/mol. The highest BCUT2D eigenvalue weighted by molar-refractivity contribution is 6.30. The molecule has 0 saturated heterocycles. The Morgan fingerprint density at radius 3 is 1.23 bits per heavy atom. The first-order valence-corrected chi connectivity index (χ1v) is 9.78. The fraction of sp³-hybridized carbons (Fsp3) is 0. The van der Waals surface area contributed by atoms with E-state index in [0.29, 0.717) is 21.2 Å². The van der Waals surface area contributed by atoms with E-state index in [2.05, 4.69) is 23.7 Å². The molecule has 0 radical (unpaired) electrons. The van der Waals surface area contributed by atoms with Crippen molar-refractivity contribution < 1.29 is 10.2 Å². The molecule has 0 aromatic heterocycles. The van der Waals surface area contributed by atoms with E-state index in [9.17, 15) is 10.2 Å². The quantitative estimate of drug-likeness (QED) is 0.320. The van der Waals surface area contributed by atoms with Gasteiger partial charge in [0.25, 0.3) is 0 Å². The standard InChI is InChI=1S/C26H14Cl2O2/c27-23-9-3-17(4-10-23)1-7-19-13-21-16-26(30)20(14-22(21)15-25(19)29)8-2-18-5-11-24(28)12-6-18/h3-6,9-16,29-30H. The van der Waals surface area contributed by atoms with Crippen molar-refractivity contribution >= 4 is 34.0 Å². The first-order chi connectivity index (χ1) is 14.5. The summed E-state index contributed by atoms with van der Waals surface area (Å²) in [4.78, 5) is 0. The lowest BCUT2D eigenvalue weighted by atomic mass is 10.0. The number of halogens is 2. The topological polar surface area (TPSA) is 40.5 Å². The molecule has 4 aromatic carbocycles. The minimum absolute atomic E-state index is 0.0614. The number of rotatable bonds is 0. The molecule has 30 heavy (non-hydrogen) atoms. The van der Waals surface area contributed by atoms with E-state index in [1.165, 1.54) is 0 Å². The summed E-state index contributed by atoms with van der Waals surface area (Å²) < 4.78 is 0. The average molecular weight is 429 g/mol. The molecule has 0 amide bonds. The van der Waals surface area contributed by atoms with E-state index < -0.39 is 0 Å². The Morgan fingerprint density at radius 2 is 0.867 bits per heavy atom. The normalized spacial score (nSPS) is 10.1. The van der Waals surface area contributed by atoms with Crippen molar-refractivity contribution in [2.24, 2.45) is 0 Å². The summed E-state index contributed by atoms with van der Waals surface area (Å²) in [7, 11) is 0. The van der Waals surface area contributed by atoms with Gasteiger partial charge in [0.15, 0.2) is 0 Å². The van der Waals surface area contributed by atoms with Crippen LogP contribution in [0.5, 0.6) is 11.5 Å². The Bertz CT molecular complexity index is 1260. The van der Waals surface area contributed by atoms with Crippen molar-refractivity contribution in [3.8, 4) is 35.2 Å². The highest BCUT2D eigenvalue weighted by Gasteiger charge is 2.06. The Labute approximate surface area is 184 Å². The summed E-state index contributed by atoms with van der Waals surface area (Å²) in [5.41, 5.74) is 2.51. The van der Waals surface area contributed by atoms with Crippen LogP contribution in [0, 0.1) is 23.7 Å². The molecule has 4 heteroatoms. The van der Waals surface area contributed by atoms with Gasteiger partial charge in [0, 0.05) is 21.2 Å². The van der Waals surface area contributed by atoms with Gasteiger partial charge in [-0.3, -0.25) is 0 Å². The van der Waals surface area contributed by atoms with E-state index in [-0.39, 0.29) is 11.5 Å². The summed E-state index contributed by atoms with van der Waals surface area (Å²) in [5.74, 6) is 12.0. The molecule has 144 valence electrons. The van der Waals surface area contributed by atoms with Gasteiger partial charge in [0.1, 0.15) is 11.5 Å². The van der Waals surface area contributed by atoms with Crippen LogP contribution in [0.2, 0.25) is 10.0 Å². The molecular formula is C26H14Cl2O2. The van der Waals surface area contributed by atoms with Crippen molar-refractivity contribution in [3.05, 3.63) is 105 Å². The van der Waals surface area contributed by atoms with Crippen LogP contribution < -0.4 is 0 Å². The molecule has 4 aromatic rings. The van der Waals surface area contributed by atoms with Gasteiger partial charge in [0.05, 0.1) is 11.1 Å². The van der Waals surface area contributed by atoms with E-state index in [4.69, 9.17) is 23.2 Å². The average Bonchev–Trinajstić information content (AvgIpc) is 2.73. The Kier molecular flexibility index (Phi) is 5.55. The maximum Gasteiger partial charge on any atom is 0.131 e. The molecule has 0 heterocycles. The Hall–Kier alpha value is -3.56. The largest absolute Gasteiger partial charge is 0.507 e. The van der Waals surface area contributed by atoms with E-state index in [0.717, 1.165) is 21.9 Å². The highest BCUT2D eigenvalue weighted by atomic mass is 35.5. The predicted molar refractivity (Wildman–Crippen MR) is 122 cm³/mol. The zero-order valence-electron chi connectivity index (χ0n) is 15.6. The molecule has 0 spiro atoms. The zero-order valence-corrected chi connectivity index (χ0v) is 17.1. The number of hydrogen-bond acceptors (Lipinski definition) is 2. The monoisotopic (exact) mass is 428 g/mol. The van der Waals surface area contributed by atoms with Gasteiger partial charge in [0.2, 0.25) is 0 Å². The number of phenolic OH excluding ortho intramolecular Hbond substituents is 2. The fourth-order valence-electron chi connectivity index (χ4n) is 2.87. The van der Waals surface area contributed by atoms with Crippen LogP contribution in [0.1, 0.15) is 22.3 Å². The first kappa shape index (κ1) is 19.7.